The molecule has 1 aromatic carbocycles. The number of fused-ring (bicyclic) bond motifs is 2. The Hall–Kier alpha value is -1.78. The second kappa shape index (κ2) is 11.9. The van der Waals surface area contributed by atoms with E-state index in [0.29, 0.717) is 6.04 Å². The van der Waals surface area contributed by atoms with E-state index < -0.39 is 0 Å². The Labute approximate surface area is 207 Å². The minimum atomic E-state index is -0.0445. The standard InChI is InChI=1S/C20H25N3O.C7H11I/c1-4-23(5-2)20(24)14-9-16-15-7-6-8-17-19(15)13(11-21-17)10-18(16)22(3)12-14;1-2-3-4-5-6-7-8/h6-9,11,14,18,21H,4-5,10,12H2,1-3H3;2-4,7H2,1H3/t14-,18-;/m1./s1. The van der Waals surface area contributed by atoms with Gasteiger partial charge in [-0.3, -0.25) is 9.69 Å². The summed E-state index contributed by atoms with van der Waals surface area (Å²) in [7, 11) is 2.15. The molecule has 2 aliphatic rings. The first-order chi connectivity index (χ1) is 15.5. The number of hydrogen-bond donors (Lipinski definition) is 1. The second-order valence-corrected chi connectivity index (χ2v) is 9.29. The van der Waals surface area contributed by atoms with Crippen molar-refractivity contribution in [3.05, 3.63) is 41.6 Å². The van der Waals surface area contributed by atoms with Gasteiger partial charge >= 0.3 is 0 Å². The smallest absolute Gasteiger partial charge is 0.230 e. The predicted molar refractivity (Wildman–Crippen MR) is 144 cm³/mol. The summed E-state index contributed by atoms with van der Waals surface area (Å²) >= 11 is 2.27. The van der Waals surface area contributed by atoms with Crippen LogP contribution >= 0.6 is 22.6 Å². The molecule has 2 atom stereocenters. The number of aromatic amines is 1. The zero-order chi connectivity index (χ0) is 23.1. The first-order valence-electron chi connectivity index (χ1n) is 11.9. The number of carbonyl (C=O) groups is 1. The van der Waals surface area contributed by atoms with Crippen LogP contribution in [0.2, 0.25) is 0 Å². The molecule has 4 nitrogen and oxygen atoms in total. The maximum atomic E-state index is 12.9. The van der Waals surface area contributed by atoms with Gasteiger partial charge in [-0.05, 0) is 56.5 Å². The van der Waals surface area contributed by atoms with E-state index >= 15 is 0 Å². The number of aromatic nitrogens is 1. The van der Waals surface area contributed by atoms with Gasteiger partial charge < -0.3 is 9.88 Å². The van der Waals surface area contributed by atoms with Crippen LogP contribution in [-0.4, -0.2) is 57.8 Å². The van der Waals surface area contributed by atoms with Crippen LogP contribution in [0, 0.1) is 17.8 Å². The number of unbranched alkanes of at least 4 members (excludes halogenated alkanes) is 2. The lowest BCUT2D eigenvalue weighted by Crippen LogP contribution is -2.47. The highest BCUT2D eigenvalue weighted by atomic mass is 127. The lowest BCUT2D eigenvalue weighted by Gasteiger charge is -2.40. The number of hydrogen-bond acceptors (Lipinski definition) is 2. The molecule has 1 aliphatic heterocycles. The molecule has 0 bridgehead atoms. The van der Waals surface area contributed by atoms with Crippen molar-refractivity contribution in [3.8, 4) is 11.8 Å². The molecule has 1 aliphatic carbocycles. The minimum absolute atomic E-state index is 0.0445. The monoisotopic (exact) mass is 545 g/mol. The summed E-state index contributed by atoms with van der Waals surface area (Å²) in [5, 5.41) is 1.34. The number of nitrogens with zero attached hydrogens (tertiary/aromatic N) is 2. The number of halogens is 1. The quantitative estimate of drug-likeness (QED) is 0.233. The van der Waals surface area contributed by atoms with Crippen LogP contribution in [0.3, 0.4) is 0 Å². The SMILES string of the molecule is CCCCC#CCI.CCN(CC)C(=O)[C@@H]1C=C2c3cccc4[nH]cc(c34)C[C@H]2N(C)C1. The lowest BCUT2D eigenvalue weighted by atomic mass is 9.79. The number of likely N-dealkylation sites (N-methyl/N-ethyl adjacent to an activating group) is 1. The van der Waals surface area contributed by atoms with Crippen LogP contribution in [0.4, 0.5) is 0 Å². The summed E-state index contributed by atoms with van der Waals surface area (Å²) in [6, 6.07) is 6.82. The number of nitrogens with one attached hydrogen (secondary N) is 1. The van der Waals surface area contributed by atoms with Gasteiger partial charge in [-0.25, -0.2) is 0 Å². The number of H-pyrrole nitrogens is 1. The van der Waals surface area contributed by atoms with Crippen LogP contribution in [0.25, 0.3) is 16.5 Å². The molecule has 5 heteroatoms. The topological polar surface area (TPSA) is 39.3 Å². The van der Waals surface area contributed by atoms with Crippen molar-refractivity contribution >= 4 is 45.0 Å². The third-order valence-electron chi connectivity index (χ3n) is 6.51. The number of rotatable bonds is 5. The van der Waals surface area contributed by atoms with E-state index in [1.54, 1.807) is 0 Å². The van der Waals surface area contributed by atoms with Crippen molar-refractivity contribution in [3.63, 3.8) is 0 Å². The van der Waals surface area contributed by atoms with Gasteiger partial charge in [0.25, 0.3) is 0 Å². The van der Waals surface area contributed by atoms with Crippen LogP contribution in [0.1, 0.15) is 51.2 Å². The van der Waals surface area contributed by atoms with Crippen molar-refractivity contribution in [1.82, 2.24) is 14.8 Å². The fraction of sp³-hybridized carbons (Fsp3) is 0.519. The summed E-state index contributed by atoms with van der Waals surface area (Å²) in [5.74, 6) is 6.31. The summed E-state index contributed by atoms with van der Waals surface area (Å²) in [5.41, 5.74) is 5.21. The molecule has 4 rings (SSSR count). The third-order valence-corrected chi connectivity index (χ3v) is 6.89. The van der Waals surface area contributed by atoms with Crippen LogP contribution in [-0.2, 0) is 11.2 Å². The van der Waals surface area contributed by atoms with E-state index in [4.69, 9.17) is 0 Å². The molecule has 172 valence electrons. The Morgan fingerprint density at radius 2 is 2.03 bits per heavy atom. The highest BCUT2D eigenvalue weighted by molar-refractivity contribution is 14.1. The lowest BCUT2D eigenvalue weighted by molar-refractivity contribution is -0.134. The minimum Gasteiger partial charge on any atom is -0.361 e. The molecule has 0 saturated heterocycles. The number of amides is 1. The molecule has 2 aromatic rings. The maximum absolute atomic E-state index is 12.9. The number of benzene rings is 1. The summed E-state index contributed by atoms with van der Waals surface area (Å²) in [4.78, 5) is 20.6. The Balaban J connectivity index is 0.000000312. The highest BCUT2D eigenvalue weighted by Crippen LogP contribution is 2.40. The van der Waals surface area contributed by atoms with E-state index in [9.17, 15) is 4.79 Å². The Morgan fingerprint density at radius 1 is 1.25 bits per heavy atom. The normalized spacial score (nSPS) is 19.2. The molecular weight excluding hydrogens is 509 g/mol. The number of carbonyl (C=O) groups excluding carboxylic acids is 1. The van der Waals surface area contributed by atoms with Gasteiger partial charge in [0.1, 0.15) is 0 Å². The van der Waals surface area contributed by atoms with E-state index in [2.05, 4.69) is 103 Å². The molecule has 1 N–H and O–H groups in total. The average molecular weight is 546 g/mol. The Morgan fingerprint density at radius 3 is 2.72 bits per heavy atom. The van der Waals surface area contributed by atoms with E-state index in [0.717, 1.165) is 36.9 Å². The Bertz CT molecular complexity index is 1010. The van der Waals surface area contributed by atoms with E-state index in [1.165, 1.54) is 40.4 Å². The molecule has 1 aromatic heterocycles. The molecule has 32 heavy (non-hydrogen) atoms. The molecule has 0 radical (unpaired) electrons. The van der Waals surface area contributed by atoms with Gasteiger partial charge in [0.15, 0.2) is 0 Å². The first-order valence-corrected chi connectivity index (χ1v) is 13.4. The third kappa shape index (κ3) is 5.40. The molecule has 1 amide bonds. The molecule has 0 spiro atoms. The van der Waals surface area contributed by atoms with E-state index in [-0.39, 0.29) is 11.8 Å². The van der Waals surface area contributed by atoms with Gasteiger partial charge in [0, 0.05) is 49.2 Å². The van der Waals surface area contributed by atoms with Crippen LogP contribution in [0.5, 0.6) is 0 Å². The summed E-state index contributed by atoms with van der Waals surface area (Å²) in [6.45, 7) is 8.65. The molecule has 0 unspecified atom stereocenters. The van der Waals surface area contributed by atoms with Crippen LogP contribution in [0.15, 0.2) is 30.5 Å². The van der Waals surface area contributed by atoms with Gasteiger partial charge in [-0.15, -0.1) is 5.92 Å². The zero-order valence-electron chi connectivity index (χ0n) is 19.9. The fourth-order valence-electron chi connectivity index (χ4n) is 4.78. The summed E-state index contributed by atoms with van der Waals surface area (Å²) < 4.78 is 0.974. The predicted octanol–water partition coefficient (Wildman–Crippen LogP) is 5.52. The zero-order valence-corrected chi connectivity index (χ0v) is 22.0. The Kier molecular flexibility index (Phi) is 9.24. The highest BCUT2D eigenvalue weighted by Gasteiger charge is 2.36. The maximum Gasteiger partial charge on any atom is 0.230 e. The number of alkyl halides is 1. The molecule has 0 saturated carbocycles. The second-order valence-electron chi connectivity index (χ2n) is 8.53. The van der Waals surface area contributed by atoms with Crippen molar-refractivity contribution in [1.29, 1.82) is 0 Å². The first kappa shape index (κ1) is 24.9. The fourth-order valence-corrected chi connectivity index (χ4v) is 5.05. The average Bonchev–Trinajstić information content (AvgIpc) is 3.23. The molecular formula is C27H36IN3O. The van der Waals surface area contributed by atoms with Crippen molar-refractivity contribution in [2.75, 3.05) is 31.1 Å². The van der Waals surface area contributed by atoms with Crippen LogP contribution < -0.4 is 0 Å². The van der Waals surface area contributed by atoms with Gasteiger partial charge in [0.05, 0.1) is 10.3 Å². The molecule has 0 fully saturated rings. The van der Waals surface area contributed by atoms with Crippen molar-refractivity contribution < 1.29 is 4.79 Å². The largest absolute Gasteiger partial charge is 0.361 e. The molecule has 2 heterocycles. The van der Waals surface area contributed by atoms with E-state index in [1.807, 2.05) is 4.90 Å². The van der Waals surface area contributed by atoms with Crippen molar-refractivity contribution in [2.45, 2.75) is 52.5 Å². The van der Waals surface area contributed by atoms with Gasteiger partial charge in [-0.2, -0.15) is 0 Å². The van der Waals surface area contributed by atoms with Gasteiger partial charge in [0.2, 0.25) is 5.91 Å². The van der Waals surface area contributed by atoms with Gasteiger partial charge in [-0.1, -0.05) is 60.1 Å². The van der Waals surface area contributed by atoms with Crippen molar-refractivity contribution in [2.24, 2.45) is 5.92 Å². The summed E-state index contributed by atoms with van der Waals surface area (Å²) in [6.07, 6.45) is 9.01.